The lowest BCUT2D eigenvalue weighted by molar-refractivity contribution is -0.117. The number of benzene rings is 1. The molecule has 5 N–H and O–H groups in total. The molecule has 0 bridgehead atoms. The number of H-pyrrole nitrogens is 1. The minimum Gasteiger partial charge on any atom is -0.361 e. The van der Waals surface area contributed by atoms with Crippen molar-refractivity contribution in [2.45, 2.75) is 39.3 Å². The van der Waals surface area contributed by atoms with Gasteiger partial charge in [-0.2, -0.15) is 5.10 Å². The fraction of sp³-hybridized carbons (Fsp3) is 0.350. The summed E-state index contributed by atoms with van der Waals surface area (Å²) in [7, 11) is 0. The number of carbonyl (C=O) groups excluding carboxylic acids is 2. The molecular formula is C20H24F2N6O2. The number of rotatable bonds is 8. The first kappa shape index (κ1) is 21.3. The van der Waals surface area contributed by atoms with Crippen molar-refractivity contribution in [1.29, 1.82) is 0 Å². The van der Waals surface area contributed by atoms with Crippen LogP contribution < -0.4 is 16.4 Å². The molecule has 0 aliphatic rings. The van der Waals surface area contributed by atoms with Crippen LogP contribution in [0.3, 0.4) is 0 Å². The van der Waals surface area contributed by atoms with Crippen molar-refractivity contribution in [1.82, 2.24) is 20.1 Å². The van der Waals surface area contributed by atoms with Gasteiger partial charge >= 0.3 is 6.03 Å². The maximum absolute atomic E-state index is 13.4. The number of amides is 3. The van der Waals surface area contributed by atoms with Crippen LogP contribution in [0.5, 0.6) is 0 Å². The van der Waals surface area contributed by atoms with E-state index >= 15 is 0 Å². The first-order valence-corrected chi connectivity index (χ1v) is 9.52. The van der Waals surface area contributed by atoms with Crippen LogP contribution in [-0.4, -0.2) is 32.7 Å². The number of alkyl halides is 2. The van der Waals surface area contributed by atoms with Crippen molar-refractivity contribution < 1.29 is 18.4 Å². The molecule has 2 aromatic heterocycles. The Morgan fingerprint density at radius 2 is 2.00 bits per heavy atom. The van der Waals surface area contributed by atoms with Crippen LogP contribution in [0.4, 0.5) is 19.3 Å². The van der Waals surface area contributed by atoms with E-state index in [0.29, 0.717) is 6.54 Å². The Bertz CT molecular complexity index is 1040. The third kappa shape index (κ3) is 4.94. The Morgan fingerprint density at radius 1 is 1.27 bits per heavy atom. The molecule has 1 aromatic carbocycles. The molecule has 30 heavy (non-hydrogen) atoms. The fourth-order valence-corrected chi connectivity index (χ4v) is 3.28. The lowest BCUT2D eigenvalue weighted by Crippen LogP contribution is -2.47. The summed E-state index contributed by atoms with van der Waals surface area (Å²) in [6.45, 7) is 4.28. The summed E-state index contributed by atoms with van der Waals surface area (Å²) in [5.41, 5.74) is 6.27. The standard InChI is InChI=1S/C20H24F2N6O2/c1-11(2)9-28-10-16(17(27-28)18(21)22)25-19(29)15(26-20(23)30)7-12-8-24-14-6-4-3-5-13(12)14/h3-6,8,10-11,15,18,24H,7,9H2,1-2H3,(H,25,29)(H3,23,26,30)/t15-/m0/s1. The number of fused-ring (bicyclic) bond motifs is 1. The van der Waals surface area contributed by atoms with Crippen molar-refractivity contribution in [3.8, 4) is 0 Å². The largest absolute Gasteiger partial charge is 0.361 e. The van der Waals surface area contributed by atoms with Crippen molar-refractivity contribution in [2.24, 2.45) is 11.7 Å². The zero-order valence-corrected chi connectivity index (χ0v) is 16.7. The van der Waals surface area contributed by atoms with E-state index in [4.69, 9.17) is 5.73 Å². The molecule has 0 spiro atoms. The monoisotopic (exact) mass is 418 g/mol. The zero-order valence-electron chi connectivity index (χ0n) is 16.7. The number of aromatic nitrogens is 3. The third-order valence-corrected chi connectivity index (χ3v) is 4.54. The van der Waals surface area contributed by atoms with Gasteiger partial charge in [0.1, 0.15) is 6.04 Å². The Hall–Kier alpha value is -3.43. The van der Waals surface area contributed by atoms with Gasteiger partial charge in [0.25, 0.3) is 6.43 Å². The summed E-state index contributed by atoms with van der Waals surface area (Å²) in [5.74, 6) is -0.477. The number of nitrogens with zero attached hydrogens (tertiary/aromatic N) is 2. The van der Waals surface area contributed by atoms with Gasteiger partial charge in [0.15, 0.2) is 5.69 Å². The third-order valence-electron chi connectivity index (χ3n) is 4.54. The van der Waals surface area contributed by atoms with Crippen molar-refractivity contribution in [3.63, 3.8) is 0 Å². The number of aromatic amines is 1. The summed E-state index contributed by atoms with van der Waals surface area (Å²) >= 11 is 0. The fourth-order valence-electron chi connectivity index (χ4n) is 3.28. The van der Waals surface area contributed by atoms with Gasteiger partial charge in [-0.25, -0.2) is 13.6 Å². The number of halogens is 2. The van der Waals surface area contributed by atoms with Crippen LogP contribution in [0.2, 0.25) is 0 Å². The summed E-state index contributed by atoms with van der Waals surface area (Å²) in [6, 6.07) is 5.54. The van der Waals surface area contributed by atoms with Crippen LogP contribution in [0.15, 0.2) is 36.7 Å². The van der Waals surface area contributed by atoms with Gasteiger partial charge in [-0.05, 0) is 17.5 Å². The summed E-state index contributed by atoms with van der Waals surface area (Å²) in [6.07, 6.45) is 0.374. The highest BCUT2D eigenvalue weighted by molar-refractivity contribution is 5.98. The van der Waals surface area contributed by atoms with Gasteiger partial charge < -0.3 is 21.4 Å². The van der Waals surface area contributed by atoms with Gasteiger partial charge in [-0.1, -0.05) is 32.0 Å². The number of hydrogen-bond acceptors (Lipinski definition) is 3. The quantitative estimate of drug-likeness (QED) is 0.450. The van der Waals surface area contributed by atoms with E-state index in [1.807, 2.05) is 38.1 Å². The summed E-state index contributed by atoms with van der Waals surface area (Å²) in [5, 5.41) is 9.62. The normalized spacial score (nSPS) is 12.5. The Balaban J connectivity index is 1.84. The van der Waals surface area contributed by atoms with E-state index in [-0.39, 0.29) is 18.0 Å². The van der Waals surface area contributed by atoms with E-state index in [9.17, 15) is 18.4 Å². The maximum atomic E-state index is 13.4. The molecule has 0 fully saturated rings. The van der Waals surface area contributed by atoms with Crippen LogP contribution in [0, 0.1) is 5.92 Å². The minimum absolute atomic E-state index is 0.0918. The average molecular weight is 418 g/mol. The average Bonchev–Trinajstić information content (AvgIpc) is 3.24. The highest BCUT2D eigenvalue weighted by Crippen LogP contribution is 2.26. The topological polar surface area (TPSA) is 118 Å². The molecule has 0 unspecified atom stereocenters. The van der Waals surface area contributed by atoms with Gasteiger partial charge in [0.05, 0.1) is 5.69 Å². The number of primary amides is 1. The highest BCUT2D eigenvalue weighted by atomic mass is 19.3. The van der Waals surface area contributed by atoms with Crippen molar-refractivity contribution in [2.75, 3.05) is 5.32 Å². The number of carbonyl (C=O) groups is 2. The molecule has 0 aliphatic carbocycles. The Labute approximate surface area is 171 Å². The minimum atomic E-state index is -2.86. The lowest BCUT2D eigenvalue weighted by atomic mass is 10.0. The van der Waals surface area contributed by atoms with E-state index in [1.54, 1.807) is 6.20 Å². The molecular weight excluding hydrogens is 394 g/mol. The molecule has 10 heteroatoms. The second kappa shape index (κ2) is 8.93. The van der Waals surface area contributed by atoms with E-state index in [1.165, 1.54) is 10.9 Å². The SMILES string of the molecule is CC(C)Cn1cc(NC(=O)[C@H](Cc2c[nH]c3ccccc23)NC(N)=O)c(C(F)F)n1. The van der Waals surface area contributed by atoms with Gasteiger partial charge in [0, 0.05) is 36.3 Å². The van der Waals surface area contributed by atoms with Gasteiger partial charge in [-0.3, -0.25) is 9.48 Å². The molecule has 3 amide bonds. The summed E-state index contributed by atoms with van der Waals surface area (Å²) < 4.78 is 28.2. The van der Waals surface area contributed by atoms with Crippen LogP contribution >= 0.6 is 0 Å². The second-order valence-electron chi connectivity index (χ2n) is 7.46. The second-order valence-corrected chi connectivity index (χ2v) is 7.46. The number of urea groups is 1. The Morgan fingerprint density at radius 3 is 2.67 bits per heavy atom. The number of hydrogen-bond donors (Lipinski definition) is 4. The maximum Gasteiger partial charge on any atom is 0.312 e. The molecule has 2 heterocycles. The molecule has 3 aromatic rings. The number of anilines is 1. The molecule has 8 nitrogen and oxygen atoms in total. The summed E-state index contributed by atoms with van der Waals surface area (Å²) in [4.78, 5) is 27.4. The van der Waals surface area contributed by atoms with Crippen molar-refractivity contribution in [3.05, 3.63) is 47.9 Å². The van der Waals surface area contributed by atoms with Gasteiger partial charge in [-0.15, -0.1) is 0 Å². The molecule has 0 saturated heterocycles. The molecule has 0 aliphatic heterocycles. The molecule has 1 atom stereocenters. The molecule has 0 radical (unpaired) electrons. The molecule has 0 saturated carbocycles. The molecule has 160 valence electrons. The first-order valence-electron chi connectivity index (χ1n) is 9.52. The predicted octanol–water partition coefficient (Wildman–Crippen LogP) is 3.18. The van der Waals surface area contributed by atoms with Crippen LogP contribution in [0.1, 0.15) is 31.5 Å². The number of nitrogens with one attached hydrogen (secondary N) is 3. The number of para-hydroxylation sites is 1. The smallest absolute Gasteiger partial charge is 0.312 e. The van der Waals surface area contributed by atoms with Crippen LogP contribution in [0.25, 0.3) is 10.9 Å². The van der Waals surface area contributed by atoms with E-state index in [0.717, 1.165) is 16.5 Å². The van der Waals surface area contributed by atoms with Gasteiger partial charge in [0.2, 0.25) is 5.91 Å². The highest BCUT2D eigenvalue weighted by Gasteiger charge is 2.26. The van der Waals surface area contributed by atoms with Crippen molar-refractivity contribution >= 4 is 28.5 Å². The van der Waals surface area contributed by atoms with E-state index < -0.39 is 30.1 Å². The zero-order chi connectivity index (χ0) is 21.8. The number of nitrogens with two attached hydrogens (primary N) is 1. The van der Waals surface area contributed by atoms with Crippen LogP contribution in [-0.2, 0) is 17.8 Å². The lowest BCUT2D eigenvalue weighted by Gasteiger charge is -2.17. The first-order chi connectivity index (χ1) is 14.2. The predicted molar refractivity (Wildman–Crippen MR) is 109 cm³/mol. The Kier molecular flexibility index (Phi) is 6.34. The van der Waals surface area contributed by atoms with E-state index in [2.05, 4.69) is 20.7 Å². The molecule has 3 rings (SSSR count).